The summed E-state index contributed by atoms with van der Waals surface area (Å²) >= 11 is 1.49. The number of rotatable bonds is 7. The first-order valence-corrected chi connectivity index (χ1v) is 13.4. The van der Waals surface area contributed by atoms with Gasteiger partial charge in [0.2, 0.25) is 5.91 Å². The zero-order valence-corrected chi connectivity index (χ0v) is 21.6. The van der Waals surface area contributed by atoms with Gasteiger partial charge < -0.3 is 14.3 Å². The van der Waals surface area contributed by atoms with Crippen LogP contribution >= 0.6 is 11.8 Å². The first kappa shape index (κ1) is 23.7. The number of benzene rings is 1. The molecule has 3 aromatic heterocycles. The summed E-state index contributed by atoms with van der Waals surface area (Å²) in [5.74, 6) is 1.58. The van der Waals surface area contributed by atoms with Crippen molar-refractivity contribution in [1.82, 2.24) is 24.6 Å². The highest BCUT2D eigenvalue weighted by molar-refractivity contribution is 8.00. The Morgan fingerprint density at radius 2 is 1.97 bits per heavy atom. The van der Waals surface area contributed by atoms with Crippen molar-refractivity contribution in [3.63, 3.8) is 0 Å². The Balaban J connectivity index is 1.49. The van der Waals surface area contributed by atoms with Gasteiger partial charge in [-0.05, 0) is 56.6 Å². The van der Waals surface area contributed by atoms with E-state index in [1.165, 1.54) is 24.6 Å². The van der Waals surface area contributed by atoms with Gasteiger partial charge in [0.15, 0.2) is 16.6 Å². The van der Waals surface area contributed by atoms with Gasteiger partial charge in [-0.1, -0.05) is 43.8 Å². The van der Waals surface area contributed by atoms with Crippen molar-refractivity contribution < 1.29 is 9.21 Å². The highest BCUT2D eigenvalue weighted by Crippen LogP contribution is 2.35. The first-order chi connectivity index (χ1) is 17.0. The number of carbonyl (C=O) groups excluding carboxylic acids is 1. The van der Waals surface area contributed by atoms with Crippen LogP contribution in [0, 0.1) is 12.8 Å². The molecule has 0 spiro atoms. The van der Waals surface area contributed by atoms with Crippen LogP contribution in [-0.2, 0) is 11.8 Å². The van der Waals surface area contributed by atoms with Crippen LogP contribution in [0.25, 0.3) is 28.3 Å². The Hall–Kier alpha value is -3.00. The highest BCUT2D eigenvalue weighted by Gasteiger charge is 2.28. The van der Waals surface area contributed by atoms with Crippen molar-refractivity contribution in [1.29, 1.82) is 0 Å². The van der Waals surface area contributed by atoms with Gasteiger partial charge in [-0.2, -0.15) is 0 Å². The molecule has 1 saturated carbocycles. The normalized spacial score (nSPS) is 19.2. The van der Waals surface area contributed by atoms with Crippen molar-refractivity contribution in [2.75, 3.05) is 0 Å². The van der Waals surface area contributed by atoms with E-state index in [0.29, 0.717) is 11.6 Å². The van der Waals surface area contributed by atoms with Crippen LogP contribution < -0.4 is 5.32 Å². The number of fused-ring (bicyclic) bond motifs is 1. The van der Waals surface area contributed by atoms with Gasteiger partial charge in [0.25, 0.3) is 0 Å². The van der Waals surface area contributed by atoms with Crippen molar-refractivity contribution in [3.05, 3.63) is 48.2 Å². The molecule has 1 fully saturated rings. The number of hydrogen-bond acceptors (Lipinski definition) is 5. The van der Waals surface area contributed by atoms with E-state index in [2.05, 4.69) is 57.6 Å². The summed E-state index contributed by atoms with van der Waals surface area (Å²) < 4.78 is 9.78. The van der Waals surface area contributed by atoms with Gasteiger partial charge >= 0.3 is 0 Å². The second kappa shape index (κ2) is 9.93. The third kappa shape index (κ3) is 4.63. The van der Waals surface area contributed by atoms with E-state index in [0.717, 1.165) is 52.6 Å². The molecule has 8 heteroatoms. The third-order valence-corrected chi connectivity index (χ3v) is 8.46. The van der Waals surface area contributed by atoms with E-state index < -0.39 is 0 Å². The molecule has 1 aliphatic carbocycles. The van der Waals surface area contributed by atoms with E-state index in [9.17, 15) is 4.79 Å². The van der Waals surface area contributed by atoms with Gasteiger partial charge in [-0.3, -0.25) is 9.36 Å². The predicted octanol–water partition coefficient (Wildman–Crippen LogP) is 5.89. The number of furan rings is 1. The fraction of sp³-hybridized carbons (Fsp3) is 0.444. The lowest BCUT2D eigenvalue weighted by molar-refractivity contribution is -0.121. The summed E-state index contributed by atoms with van der Waals surface area (Å²) in [7, 11) is 2.00. The fourth-order valence-corrected chi connectivity index (χ4v) is 5.93. The number of nitrogens with one attached hydrogen (secondary N) is 1. The Bertz CT molecular complexity index is 1330. The Kier molecular flexibility index (Phi) is 6.73. The minimum absolute atomic E-state index is 0.0920. The van der Waals surface area contributed by atoms with Crippen LogP contribution in [0.5, 0.6) is 0 Å². The smallest absolute Gasteiger partial charge is 0.233 e. The second-order valence-electron chi connectivity index (χ2n) is 9.67. The average molecular weight is 492 g/mol. The van der Waals surface area contributed by atoms with Gasteiger partial charge in [-0.25, -0.2) is 0 Å². The molecule has 0 radical (unpaired) electrons. The van der Waals surface area contributed by atoms with Gasteiger partial charge in [-0.15, -0.1) is 10.2 Å². The maximum atomic E-state index is 13.3. The highest BCUT2D eigenvalue weighted by atomic mass is 32.2. The Morgan fingerprint density at radius 3 is 2.69 bits per heavy atom. The predicted molar refractivity (Wildman–Crippen MR) is 140 cm³/mol. The third-order valence-electron chi connectivity index (χ3n) is 7.16. The quantitative estimate of drug-likeness (QED) is 0.326. The zero-order valence-electron chi connectivity index (χ0n) is 20.8. The largest absolute Gasteiger partial charge is 0.463 e. The van der Waals surface area contributed by atoms with E-state index >= 15 is 0 Å². The second-order valence-corrected chi connectivity index (χ2v) is 10.8. The SMILES string of the molecule is CCC(Sc1nnc(-c2cc3occc3n2C)n1-c1ccccc1C)C(=O)NC1CCC(C)CC1. The van der Waals surface area contributed by atoms with Gasteiger partial charge in [0, 0.05) is 25.2 Å². The molecule has 7 nitrogen and oxygen atoms in total. The molecule has 1 aliphatic rings. The molecule has 5 rings (SSSR count). The number of hydrogen-bond donors (Lipinski definition) is 1. The molecule has 1 unspecified atom stereocenters. The molecule has 1 atom stereocenters. The van der Waals surface area contributed by atoms with Crippen LogP contribution in [0.1, 0.15) is 51.5 Å². The molecule has 3 heterocycles. The zero-order chi connectivity index (χ0) is 24.5. The molecule has 35 heavy (non-hydrogen) atoms. The molecule has 0 aliphatic heterocycles. The van der Waals surface area contributed by atoms with Gasteiger partial charge in [0.1, 0.15) is 0 Å². The van der Waals surface area contributed by atoms with E-state index in [-0.39, 0.29) is 17.2 Å². The number of thioether (sulfide) groups is 1. The maximum absolute atomic E-state index is 13.3. The van der Waals surface area contributed by atoms with E-state index in [1.54, 1.807) is 6.26 Å². The van der Waals surface area contributed by atoms with Gasteiger partial charge in [0.05, 0.1) is 28.4 Å². The maximum Gasteiger partial charge on any atom is 0.233 e. The number of carbonyl (C=O) groups is 1. The summed E-state index contributed by atoms with van der Waals surface area (Å²) in [6, 6.07) is 12.4. The minimum atomic E-state index is -0.237. The molecule has 4 aromatic rings. The van der Waals surface area contributed by atoms with Crippen LogP contribution in [0.3, 0.4) is 0 Å². The summed E-state index contributed by atoms with van der Waals surface area (Å²) in [6.07, 6.45) is 6.89. The summed E-state index contributed by atoms with van der Waals surface area (Å²) in [5, 5.41) is 13.0. The average Bonchev–Trinajstić information content (AvgIpc) is 3.55. The standard InChI is InChI=1S/C27H33N5O2S/c1-5-24(26(33)28-19-12-10-17(2)11-13-19)35-27-30-29-25(32(27)20-9-7-6-8-18(20)3)22-16-23-21(31(22)4)14-15-34-23/h6-9,14-17,19,24H,5,10-13H2,1-4H3,(H,28,33). The first-order valence-electron chi connectivity index (χ1n) is 12.5. The summed E-state index contributed by atoms with van der Waals surface area (Å²) in [6.45, 7) is 6.43. The molecule has 184 valence electrons. The summed E-state index contributed by atoms with van der Waals surface area (Å²) in [5.41, 5.74) is 4.84. The van der Waals surface area contributed by atoms with Crippen LogP contribution in [0.15, 0.2) is 52.2 Å². The number of aromatic nitrogens is 4. The molecule has 0 bridgehead atoms. The van der Waals surface area contributed by atoms with Crippen LogP contribution in [0.2, 0.25) is 0 Å². The molecular weight excluding hydrogens is 458 g/mol. The molecular formula is C27H33N5O2S. The lowest BCUT2D eigenvalue weighted by atomic mass is 9.87. The molecule has 1 aromatic carbocycles. The van der Waals surface area contributed by atoms with Crippen molar-refractivity contribution in [3.8, 4) is 17.2 Å². The molecule has 1 N–H and O–H groups in total. The number of amides is 1. The van der Waals surface area contributed by atoms with E-state index in [1.807, 2.05) is 31.3 Å². The number of nitrogens with zero attached hydrogens (tertiary/aromatic N) is 4. The van der Waals surface area contributed by atoms with Crippen molar-refractivity contribution in [2.45, 2.75) is 69.3 Å². The minimum Gasteiger partial charge on any atom is -0.463 e. The number of aryl methyl sites for hydroxylation is 2. The molecule has 1 amide bonds. The monoisotopic (exact) mass is 491 g/mol. The van der Waals surface area contributed by atoms with Crippen molar-refractivity contribution in [2.24, 2.45) is 13.0 Å². The fourth-order valence-electron chi connectivity index (χ4n) is 4.96. The molecule has 0 saturated heterocycles. The topological polar surface area (TPSA) is 77.9 Å². The van der Waals surface area contributed by atoms with Crippen molar-refractivity contribution >= 4 is 28.8 Å². The van der Waals surface area contributed by atoms with Crippen LogP contribution in [-0.4, -0.2) is 36.5 Å². The lowest BCUT2D eigenvalue weighted by Crippen LogP contribution is -2.41. The summed E-state index contributed by atoms with van der Waals surface area (Å²) in [4.78, 5) is 13.3. The Labute approximate surface area is 210 Å². The Morgan fingerprint density at radius 1 is 1.20 bits per heavy atom. The van der Waals surface area contributed by atoms with Crippen LogP contribution in [0.4, 0.5) is 0 Å². The lowest BCUT2D eigenvalue weighted by Gasteiger charge is -2.28. The number of para-hydroxylation sites is 1. The van der Waals surface area contributed by atoms with E-state index in [4.69, 9.17) is 4.42 Å².